The zero-order chi connectivity index (χ0) is 15.0. The Morgan fingerprint density at radius 3 is 2.40 bits per heavy atom. The summed E-state index contributed by atoms with van der Waals surface area (Å²) in [6, 6.07) is 6.65. The number of anilines is 1. The van der Waals surface area contributed by atoms with Gasteiger partial charge in [-0.3, -0.25) is 9.59 Å². The predicted molar refractivity (Wildman–Crippen MR) is 72.2 cm³/mol. The van der Waals surface area contributed by atoms with Crippen molar-refractivity contribution in [2.75, 3.05) is 18.8 Å². The molecule has 0 aliphatic carbocycles. The molecule has 104 valence electrons. The molecule has 1 aromatic heterocycles. The molecule has 0 saturated heterocycles. The Labute approximate surface area is 116 Å². The first-order valence-corrected chi connectivity index (χ1v) is 6.06. The molecule has 0 bridgehead atoms. The van der Waals surface area contributed by atoms with Crippen molar-refractivity contribution in [3.05, 3.63) is 28.7 Å². The first kappa shape index (κ1) is 15.3. The summed E-state index contributed by atoms with van der Waals surface area (Å²) in [4.78, 5) is 25.1. The van der Waals surface area contributed by atoms with Crippen molar-refractivity contribution >= 4 is 11.6 Å². The third-order valence-electron chi connectivity index (χ3n) is 2.65. The molecule has 7 nitrogen and oxygen atoms in total. The maximum absolute atomic E-state index is 12.1. The van der Waals surface area contributed by atoms with Crippen LogP contribution in [0.15, 0.2) is 23.1 Å². The summed E-state index contributed by atoms with van der Waals surface area (Å²) in [7, 11) is 0. The summed E-state index contributed by atoms with van der Waals surface area (Å²) in [5, 5.41) is 17.1. The van der Waals surface area contributed by atoms with Gasteiger partial charge < -0.3 is 15.2 Å². The first-order chi connectivity index (χ1) is 9.58. The number of rotatable bonds is 6. The molecule has 0 aromatic carbocycles. The fraction of sp³-hybridized carbons (Fsp3) is 0.385. The zero-order valence-electron chi connectivity index (χ0n) is 11.0. The minimum Gasteiger partial charge on any atom is -0.398 e. The molecule has 1 amide bonds. The van der Waals surface area contributed by atoms with E-state index in [9.17, 15) is 9.59 Å². The molecule has 2 N–H and O–H groups in total. The Bertz CT molecular complexity index is 590. The fourth-order valence-electron chi connectivity index (χ4n) is 1.65. The smallest absolute Gasteiger partial charge is 0.251 e. The van der Waals surface area contributed by atoms with E-state index in [2.05, 4.69) is 0 Å². The van der Waals surface area contributed by atoms with E-state index in [1.807, 2.05) is 12.1 Å². The molecule has 0 saturated carbocycles. The van der Waals surface area contributed by atoms with E-state index in [1.54, 1.807) is 0 Å². The second-order valence-electron chi connectivity index (χ2n) is 4.13. The maximum atomic E-state index is 12.1. The monoisotopic (exact) mass is 273 g/mol. The van der Waals surface area contributed by atoms with Crippen molar-refractivity contribution in [1.29, 1.82) is 10.5 Å². The number of pyridine rings is 1. The van der Waals surface area contributed by atoms with Crippen molar-refractivity contribution in [1.82, 2.24) is 9.47 Å². The molecular formula is C13H15N5O2. The number of hydrogen-bond donors (Lipinski definition) is 1. The van der Waals surface area contributed by atoms with E-state index in [0.29, 0.717) is 5.69 Å². The van der Waals surface area contributed by atoms with Crippen LogP contribution in [0.5, 0.6) is 0 Å². The number of carbonyl (C=O) groups excluding carboxylic acids is 1. The molecule has 0 aliphatic rings. The molecule has 0 atom stereocenters. The molecular weight excluding hydrogens is 258 g/mol. The van der Waals surface area contributed by atoms with Gasteiger partial charge in [0.25, 0.3) is 5.56 Å². The zero-order valence-corrected chi connectivity index (χ0v) is 11.0. The van der Waals surface area contributed by atoms with Gasteiger partial charge in [-0.25, -0.2) is 0 Å². The molecule has 0 aliphatic heterocycles. The second kappa shape index (κ2) is 7.59. The number of nitrogens with two attached hydrogens (primary N) is 1. The molecule has 1 heterocycles. The molecule has 0 unspecified atom stereocenters. The maximum Gasteiger partial charge on any atom is 0.251 e. The van der Waals surface area contributed by atoms with Crippen LogP contribution in [0.4, 0.5) is 5.69 Å². The van der Waals surface area contributed by atoms with Gasteiger partial charge >= 0.3 is 0 Å². The number of aromatic nitrogens is 1. The minimum atomic E-state index is -0.326. The van der Waals surface area contributed by atoms with Gasteiger partial charge in [0.15, 0.2) is 0 Å². The van der Waals surface area contributed by atoms with Crippen LogP contribution in [0.25, 0.3) is 0 Å². The Kier molecular flexibility index (Phi) is 5.79. The Morgan fingerprint density at radius 2 is 1.85 bits per heavy atom. The van der Waals surface area contributed by atoms with Gasteiger partial charge in [-0.1, -0.05) is 0 Å². The summed E-state index contributed by atoms with van der Waals surface area (Å²) in [5.41, 5.74) is 5.63. The van der Waals surface area contributed by atoms with Gasteiger partial charge in [0.05, 0.1) is 25.0 Å². The molecule has 1 rings (SSSR count). The van der Waals surface area contributed by atoms with Crippen LogP contribution in [0, 0.1) is 22.7 Å². The first-order valence-electron chi connectivity index (χ1n) is 6.06. The van der Waals surface area contributed by atoms with Crippen molar-refractivity contribution in [3.63, 3.8) is 0 Å². The number of nitrogens with zero attached hydrogens (tertiary/aromatic N) is 4. The lowest BCUT2D eigenvalue weighted by Crippen LogP contribution is -2.37. The van der Waals surface area contributed by atoms with E-state index < -0.39 is 0 Å². The highest BCUT2D eigenvalue weighted by molar-refractivity contribution is 5.76. The largest absolute Gasteiger partial charge is 0.398 e. The number of hydrogen-bond acceptors (Lipinski definition) is 5. The van der Waals surface area contributed by atoms with Crippen molar-refractivity contribution in [2.24, 2.45) is 0 Å². The quantitative estimate of drug-likeness (QED) is 0.788. The highest BCUT2D eigenvalue weighted by atomic mass is 16.2. The van der Waals surface area contributed by atoms with E-state index in [0.717, 1.165) is 0 Å². The molecule has 0 radical (unpaired) electrons. The van der Waals surface area contributed by atoms with Crippen LogP contribution >= 0.6 is 0 Å². The van der Waals surface area contributed by atoms with E-state index in [-0.39, 0.29) is 43.9 Å². The van der Waals surface area contributed by atoms with Crippen molar-refractivity contribution in [2.45, 2.75) is 19.4 Å². The summed E-state index contributed by atoms with van der Waals surface area (Å²) < 4.78 is 1.21. The highest BCUT2D eigenvalue weighted by Gasteiger charge is 2.14. The van der Waals surface area contributed by atoms with Crippen molar-refractivity contribution < 1.29 is 4.79 Å². The lowest BCUT2D eigenvalue weighted by atomic mass is 10.3. The lowest BCUT2D eigenvalue weighted by Gasteiger charge is -2.20. The lowest BCUT2D eigenvalue weighted by molar-refractivity contribution is -0.131. The molecule has 20 heavy (non-hydrogen) atoms. The average molecular weight is 273 g/mol. The molecule has 7 heteroatoms. The third-order valence-corrected chi connectivity index (χ3v) is 2.65. The average Bonchev–Trinajstić information content (AvgIpc) is 2.43. The molecule has 1 aromatic rings. The third kappa shape index (κ3) is 4.46. The number of amides is 1. The van der Waals surface area contributed by atoms with E-state index >= 15 is 0 Å². The van der Waals surface area contributed by atoms with Crippen LogP contribution in [0.1, 0.15) is 12.8 Å². The van der Waals surface area contributed by atoms with Gasteiger partial charge in [0, 0.05) is 31.0 Å². The van der Waals surface area contributed by atoms with Crippen LogP contribution < -0.4 is 11.3 Å². The second-order valence-corrected chi connectivity index (χ2v) is 4.13. The summed E-state index contributed by atoms with van der Waals surface area (Å²) in [6.07, 6.45) is 1.76. The Balaban J connectivity index is 2.79. The van der Waals surface area contributed by atoms with Crippen LogP contribution in [-0.2, 0) is 11.3 Å². The highest BCUT2D eigenvalue weighted by Crippen LogP contribution is 2.00. The van der Waals surface area contributed by atoms with Crippen molar-refractivity contribution in [3.8, 4) is 12.1 Å². The Morgan fingerprint density at radius 1 is 1.25 bits per heavy atom. The van der Waals surface area contributed by atoms with Gasteiger partial charge in [0.1, 0.15) is 6.54 Å². The van der Waals surface area contributed by atoms with E-state index in [1.165, 1.54) is 27.8 Å². The van der Waals surface area contributed by atoms with Crippen LogP contribution in [0.2, 0.25) is 0 Å². The standard InChI is InChI=1S/C13H15N5O2/c14-5-1-7-17(8-2-6-15)13(20)10-18-9-11(16)3-4-12(18)19/h3-4,9H,1-2,7-8,10,16H2. The van der Waals surface area contributed by atoms with Gasteiger partial charge in [-0.15, -0.1) is 0 Å². The topological polar surface area (TPSA) is 116 Å². The number of nitrogen functional groups attached to an aromatic ring is 1. The molecule has 0 fully saturated rings. The summed E-state index contributed by atoms with van der Waals surface area (Å²) in [5.74, 6) is -0.316. The minimum absolute atomic E-state index is 0.152. The van der Waals surface area contributed by atoms with Gasteiger partial charge in [0.2, 0.25) is 5.91 Å². The van der Waals surface area contributed by atoms with Gasteiger partial charge in [-0.05, 0) is 6.07 Å². The van der Waals surface area contributed by atoms with Crippen LogP contribution in [-0.4, -0.2) is 28.5 Å². The molecule has 0 spiro atoms. The number of nitriles is 2. The van der Waals surface area contributed by atoms with E-state index in [4.69, 9.17) is 16.3 Å². The SMILES string of the molecule is N#CCCN(CCC#N)C(=O)Cn1cc(N)ccc1=O. The fourth-order valence-corrected chi connectivity index (χ4v) is 1.65. The summed E-state index contributed by atoms with van der Waals surface area (Å²) in [6.45, 7) is 0.336. The van der Waals surface area contributed by atoms with Gasteiger partial charge in [-0.2, -0.15) is 10.5 Å². The predicted octanol–water partition coefficient (Wildman–Crippen LogP) is 0.0865. The number of carbonyl (C=O) groups is 1. The van der Waals surface area contributed by atoms with Crippen LogP contribution in [0.3, 0.4) is 0 Å². The Hall–Kier alpha value is -2.80. The normalized spacial score (nSPS) is 9.50. The summed E-state index contributed by atoms with van der Waals surface area (Å²) >= 11 is 0.